The van der Waals surface area contributed by atoms with E-state index in [1.165, 1.54) is 12.1 Å². The van der Waals surface area contributed by atoms with E-state index in [0.717, 1.165) is 0 Å². The summed E-state index contributed by atoms with van der Waals surface area (Å²) in [6, 6.07) is 9.59. The molecular formula is C26H30BFO5. The van der Waals surface area contributed by atoms with E-state index in [1.54, 1.807) is 19.1 Å². The van der Waals surface area contributed by atoms with E-state index in [0.29, 0.717) is 45.5 Å². The molecule has 4 rings (SSSR count). The van der Waals surface area contributed by atoms with Crippen molar-refractivity contribution < 1.29 is 27.6 Å². The molecule has 0 saturated carbocycles. The Bertz CT molecular complexity index is 1180. The highest BCUT2D eigenvalue weighted by molar-refractivity contribution is 6.63. The van der Waals surface area contributed by atoms with Gasteiger partial charge >= 0.3 is 7.12 Å². The average Bonchev–Trinajstić information content (AvgIpc) is 3.20. The largest absolute Gasteiger partial charge is 0.498 e. The molecule has 0 aliphatic carbocycles. The predicted molar refractivity (Wildman–Crippen MR) is 128 cm³/mol. The topological polar surface area (TPSA) is 57.9 Å². The van der Waals surface area contributed by atoms with Crippen LogP contribution in [-0.2, 0) is 9.31 Å². The molecule has 2 aromatic carbocycles. The van der Waals surface area contributed by atoms with E-state index in [9.17, 15) is 9.18 Å². The molecule has 0 N–H and O–H groups in total. The standard InChI is InChI=1S/C26H30BFO5/c1-8-20(29)23-18-13-22(30-15(2)3)19(27-32-25(4,5)26(6,7)33-27)14-21(18)31-24(23)16-9-11-17(28)12-10-16/h9-15H,8H2,1-7H3. The highest BCUT2D eigenvalue weighted by atomic mass is 19.1. The SMILES string of the molecule is CCC(=O)c1c(-c2ccc(F)cc2)oc2cc(B3OC(C)(C)C(C)(C)O3)c(OC(C)C)cc12. The first-order valence-corrected chi connectivity index (χ1v) is 11.4. The minimum Gasteiger partial charge on any atom is -0.491 e. The number of ketones is 1. The van der Waals surface area contributed by atoms with Gasteiger partial charge in [0.15, 0.2) is 5.78 Å². The van der Waals surface area contributed by atoms with Gasteiger partial charge in [-0.2, -0.15) is 0 Å². The van der Waals surface area contributed by atoms with Crippen molar-refractivity contribution >= 4 is 29.3 Å². The number of benzene rings is 2. The van der Waals surface area contributed by atoms with Crippen LogP contribution in [0.15, 0.2) is 40.8 Å². The molecule has 0 spiro atoms. The molecular weight excluding hydrogens is 422 g/mol. The molecule has 0 atom stereocenters. The van der Waals surface area contributed by atoms with Crippen LogP contribution in [0.2, 0.25) is 0 Å². The van der Waals surface area contributed by atoms with Gasteiger partial charge in [-0.15, -0.1) is 0 Å². The van der Waals surface area contributed by atoms with Crippen LogP contribution < -0.4 is 10.2 Å². The number of ether oxygens (including phenoxy) is 1. The Balaban J connectivity index is 1.93. The molecule has 5 nitrogen and oxygen atoms in total. The maximum atomic E-state index is 13.5. The van der Waals surface area contributed by atoms with Gasteiger partial charge in [-0.05, 0) is 77.9 Å². The third-order valence-electron chi connectivity index (χ3n) is 6.40. The summed E-state index contributed by atoms with van der Waals surface area (Å²) in [5.41, 5.74) is 1.28. The third-order valence-corrected chi connectivity index (χ3v) is 6.40. The van der Waals surface area contributed by atoms with E-state index in [4.69, 9.17) is 18.5 Å². The fourth-order valence-electron chi connectivity index (χ4n) is 3.91. The maximum Gasteiger partial charge on any atom is 0.498 e. The molecule has 7 heteroatoms. The minimum atomic E-state index is -0.655. The normalized spacial score (nSPS) is 17.2. The molecule has 1 saturated heterocycles. The minimum absolute atomic E-state index is 0.0630. The fourth-order valence-corrected chi connectivity index (χ4v) is 3.91. The van der Waals surface area contributed by atoms with Crippen LogP contribution in [0.5, 0.6) is 5.75 Å². The van der Waals surface area contributed by atoms with Gasteiger partial charge in [0.1, 0.15) is 22.9 Å². The molecule has 0 amide bonds. The Morgan fingerprint density at radius 3 is 2.21 bits per heavy atom. The number of fused-ring (bicyclic) bond motifs is 1. The molecule has 1 aromatic heterocycles. The van der Waals surface area contributed by atoms with Gasteiger partial charge in [0, 0.05) is 22.8 Å². The molecule has 174 valence electrons. The smallest absolute Gasteiger partial charge is 0.491 e. The van der Waals surface area contributed by atoms with E-state index in [2.05, 4.69) is 0 Å². The van der Waals surface area contributed by atoms with Crippen molar-refractivity contribution in [2.24, 2.45) is 0 Å². The van der Waals surface area contributed by atoms with E-state index in [-0.39, 0.29) is 17.7 Å². The van der Waals surface area contributed by atoms with Crippen molar-refractivity contribution in [2.45, 2.75) is 72.2 Å². The molecule has 3 aromatic rings. The summed E-state index contributed by atoms with van der Waals surface area (Å²) in [6.45, 7) is 13.7. The third kappa shape index (κ3) is 4.20. The van der Waals surface area contributed by atoms with Crippen LogP contribution in [0.1, 0.15) is 65.2 Å². The summed E-state index contributed by atoms with van der Waals surface area (Å²) in [4.78, 5) is 13.0. The number of rotatable bonds is 6. The maximum absolute atomic E-state index is 13.5. The molecule has 0 radical (unpaired) electrons. The zero-order valence-electron chi connectivity index (χ0n) is 20.2. The molecule has 1 aliphatic heterocycles. The van der Waals surface area contributed by atoms with Gasteiger partial charge in [0.05, 0.1) is 22.9 Å². The molecule has 0 bridgehead atoms. The number of hydrogen-bond acceptors (Lipinski definition) is 5. The lowest BCUT2D eigenvalue weighted by Gasteiger charge is -2.32. The first-order chi connectivity index (χ1) is 15.4. The van der Waals surface area contributed by atoms with Gasteiger partial charge in [0.25, 0.3) is 0 Å². The zero-order valence-corrected chi connectivity index (χ0v) is 20.2. The van der Waals surface area contributed by atoms with Crippen LogP contribution in [0.4, 0.5) is 4.39 Å². The second kappa shape index (κ2) is 8.30. The van der Waals surface area contributed by atoms with Crippen molar-refractivity contribution in [1.82, 2.24) is 0 Å². The fraction of sp³-hybridized carbons (Fsp3) is 0.423. The van der Waals surface area contributed by atoms with Gasteiger partial charge in [-0.25, -0.2) is 4.39 Å². The number of carbonyl (C=O) groups excluding carboxylic acids is 1. The molecule has 1 fully saturated rings. The number of carbonyl (C=O) groups is 1. The van der Waals surface area contributed by atoms with E-state index >= 15 is 0 Å². The first kappa shape index (κ1) is 23.5. The summed E-state index contributed by atoms with van der Waals surface area (Å²) in [7, 11) is -0.655. The number of Topliss-reactive ketones (excluding diaryl/α,β-unsaturated/α-hetero) is 1. The Kier molecular flexibility index (Phi) is 5.91. The van der Waals surface area contributed by atoms with E-state index in [1.807, 2.05) is 53.7 Å². The van der Waals surface area contributed by atoms with Gasteiger partial charge in [0.2, 0.25) is 0 Å². The molecule has 33 heavy (non-hydrogen) atoms. The highest BCUT2D eigenvalue weighted by Gasteiger charge is 2.52. The number of hydrogen-bond donors (Lipinski definition) is 0. The van der Waals surface area contributed by atoms with Crippen molar-refractivity contribution in [1.29, 1.82) is 0 Å². The van der Waals surface area contributed by atoms with Crippen LogP contribution in [-0.4, -0.2) is 30.2 Å². The zero-order chi connectivity index (χ0) is 24.1. The number of halogens is 1. The monoisotopic (exact) mass is 452 g/mol. The first-order valence-electron chi connectivity index (χ1n) is 11.4. The second-order valence-corrected chi connectivity index (χ2v) is 9.73. The lowest BCUT2D eigenvalue weighted by Crippen LogP contribution is -2.41. The highest BCUT2D eigenvalue weighted by Crippen LogP contribution is 2.40. The van der Waals surface area contributed by atoms with Crippen LogP contribution in [0.25, 0.3) is 22.3 Å². The Hall–Kier alpha value is -2.64. The second-order valence-electron chi connectivity index (χ2n) is 9.73. The van der Waals surface area contributed by atoms with E-state index < -0.39 is 18.3 Å². The van der Waals surface area contributed by atoms with Gasteiger partial charge < -0.3 is 18.5 Å². The summed E-state index contributed by atoms with van der Waals surface area (Å²) >= 11 is 0. The summed E-state index contributed by atoms with van der Waals surface area (Å²) in [5.74, 6) is 0.576. The van der Waals surface area contributed by atoms with Crippen molar-refractivity contribution in [3.63, 3.8) is 0 Å². The van der Waals surface area contributed by atoms with Crippen molar-refractivity contribution in [3.8, 4) is 17.1 Å². The Morgan fingerprint density at radius 2 is 1.67 bits per heavy atom. The quantitative estimate of drug-likeness (QED) is 0.343. The predicted octanol–water partition coefficient (Wildman–Crippen LogP) is 5.92. The number of furan rings is 1. The Morgan fingerprint density at radius 1 is 1.06 bits per heavy atom. The summed E-state index contributed by atoms with van der Waals surface area (Å²) < 4.78 is 38.4. The lowest BCUT2D eigenvalue weighted by atomic mass is 9.77. The van der Waals surface area contributed by atoms with Crippen LogP contribution in [0.3, 0.4) is 0 Å². The average molecular weight is 452 g/mol. The van der Waals surface area contributed by atoms with Crippen molar-refractivity contribution in [3.05, 3.63) is 47.8 Å². The van der Waals surface area contributed by atoms with Gasteiger partial charge in [-0.3, -0.25) is 4.79 Å². The molecule has 1 aliphatic rings. The molecule has 2 heterocycles. The summed E-state index contributed by atoms with van der Waals surface area (Å²) in [5, 5.41) is 0.650. The van der Waals surface area contributed by atoms with Gasteiger partial charge in [-0.1, -0.05) is 6.92 Å². The van der Waals surface area contributed by atoms with Crippen molar-refractivity contribution in [2.75, 3.05) is 0 Å². The van der Waals surface area contributed by atoms with Crippen LogP contribution >= 0.6 is 0 Å². The molecule has 0 unspecified atom stereocenters. The lowest BCUT2D eigenvalue weighted by molar-refractivity contribution is 0.00578. The van der Waals surface area contributed by atoms with Crippen LogP contribution in [0, 0.1) is 5.82 Å². The Labute approximate surface area is 194 Å². The summed E-state index contributed by atoms with van der Waals surface area (Å²) in [6.07, 6.45) is 0.208.